The van der Waals surface area contributed by atoms with Gasteiger partial charge in [-0.05, 0) is 54.1 Å². The monoisotopic (exact) mass is 350 g/mol. The van der Waals surface area contributed by atoms with Gasteiger partial charge in [-0.1, -0.05) is 6.92 Å². The maximum absolute atomic E-state index is 12.9. The summed E-state index contributed by atoms with van der Waals surface area (Å²) in [7, 11) is 0. The fourth-order valence-electron chi connectivity index (χ4n) is 1.31. The Morgan fingerprint density at radius 3 is 2.82 bits per heavy atom. The Kier molecular flexibility index (Phi) is 5.67. The van der Waals surface area contributed by atoms with Gasteiger partial charge in [-0.3, -0.25) is 4.79 Å². The van der Waals surface area contributed by atoms with Crippen molar-refractivity contribution < 1.29 is 9.18 Å². The number of amides is 1. The molecule has 5 heteroatoms. The SMILES string of the molecule is CCCNC(=O)C(C)Nc1ccc(F)cc1I. The Balaban J connectivity index is 2.61. The number of benzene rings is 1. The Labute approximate surface area is 114 Å². The summed E-state index contributed by atoms with van der Waals surface area (Å²) in [6.45, 7) is 4.46. The second-order valence-electron chi connectivity index (χ2n) is 3.78. The lowest BCUT2D eigenvalue weighted by Crippen LogP contribution is -2.38. The van der Waals surface area contributed by atoms with Crippen molar-refractivity contribution in [1.29, 1.82) is 0 Å². The van der Waals surface area contributed by atoms with Crippen molar-refractivity contribution in [1.82, 2.24) is 5.32 Å². The first-order valence-electron chi connectivity index (χ1n) is 5.54. The van der Waals surface area contributed by atoms with Crippen molar-refractivity contribution in [3.8, 4) is 0 Å². The van der Waals surface area contributed by atoms with E-state index in [0.29, 0.717) is 6.54 Å². The molecule has 1 atom stereocenters. The maximum Gasteiger partial charge on any atom is 0.242 e. The second kappa shape index (κ2) is 6.78. The zero-order valence-corrected chi connectivity index (χ0v) is 12.0. The van der Waals surface area contributed by atoms with E-state index in [4.69, 9.17) is 0 Å². The van der Waals surface area contributed by atoms with Gasteiger partial charge in [-0.15, -0.1) is 0 Å². The summed E-state index contributed by atoms with van der Waals surface area (Å²) in [5, 5.41) is 5.87. The molecule has 0 fully saturated rings. The van der Waals surface area contributed by atoms with E-state index in [2.05, 4.69) is 10.6 Å². The molecule has 0 heterocycles. The molecule has 2 N–H and O–H groups in total. The van der Waals surface area contributed by atoms with E-state index in [1.54, 1.807) is 13.0 Å². The molecule has 0 bridgehead atoms. The maximum atomic E-state index is 12.9. The van der Waals surface area contributed by atoms with Gasteiger partial charge in [0.05, 0.1) is 0 Å². The van der Waals surface area contributed by atoms with E-state index in [0.717, 1.165) is 15.7 Å². The summed E-state index contributed by atoms with van der Waals surface area (Å²) in [6.07, 6.45) is 0.909. The topological polar surface area (TPSA) is 41.1 Å². The first kappa shape index (κ1) is 14.2. The van der Waals surface area contributed by atoms with E-state index in [1.807, 2.05) is 29.5 Å². The Hall–Kier alpha value is -0.850. The van der Waals surface area contributed by atoms with Crippen LogP contribution in [0.25, 0.3) is 0 Å². The minimum absolute atomic E-state index is 0.0491. The summed E-state index contributed by atoms with van der Waals surface area (Å²) in [5.74, 6) is -0.324. The summed E-state index contributed by atoms with van der Waals surface area (Å²) >= 11 is 2.04. The summed E-state index contributed by atoms with van der Waals surface area (Å²) in [6, 6.07) is 4.11. The van der Waals surface area contributed by atoms with Crippen LogP contribution in [0, 0.1) is 9.39 Å². The molecule has 0 spiro atoms. The van der Waals surface area contributed by atoms with Crippen LogP contribution in [-0.2, 0) is 4.79 Å². The molecule has 94 valence electrons. The van der Waals surface area contributed by atoms with Crippen molar-refractivity contribution in [2.45, 2.75) is 26.3 Å². The van der Waals surface area contributed by atoms with Gasteiger partial charge in [0.25, 0.3) is 0 Å². The fourth-order valence-corrected chi connectivity index (χ4v) is 1.94. The van der Waals surface area contributed by atoms with Crippen molar-refractivity contribution >= 4 is 34.2 Å². The van der Waals surface area contributed by atoms with Crippen LogP contribution in [0.5, 0.6) is 0 Å². The molecule has 0 aliphatic carbocycles. The van der Waals surface area contributed by atoms with Crippen LogP contribution in [0.4, 0.5) is 10.1 Å². The molecule has 0 aliphatic heterocycles. The molecule has 0 aliphatic rings. The minimum atomic E-state index is -0.333. The standard InChI is InChI=1S/C12H16FIN2O/c1-3-6-15-12(17)8(2)16-11-5-4-9(13)7-10(11)14/h4-5,7-8,16H,3,6H2,1-2H3,(H,15,17). The highest BCUT2D eigenvalue weighted by atomic mass is 127. The van der Waals surface area contributed by atoms with Crippen molar-refractivity contribution in [3.05, 3.63) is 27.6 Å². The predicted molar refractivity (Wildman–Crippen MR) is 75.5 cm³/mol. The lowest BCUT2D eigenvalue weighted by Gasteiger charge is -2.16. The average Bonchev–Trinajstić information content (AvgIpc) is 2.29. The van der Waals surface area contributed by atoms with E-state index in [-0.39, 0.29) is 17.8 Å². The first-order valence-corrected chi connectivity index (χ1v) is 6.61. The van der Waals surface area contributed by atoms with Gasteiger partial charge in [0.15, 0.2) is 0 Å². The van der Waals surface area contributed by atoms with Crippen LogP contribution >= 0.6 is 22.6 Å². The molecular formula is C12H16FIN2O. The molecule has 1 rings (SSSR count). The number of hydrogen-bond donors (Lipinski definition) is 2. The number of rotatable bonds is 5. The van der Waals surface area contributed by atoms with Gasteiger partial charge in [0, 0.05) is 15.8 Å². The van der Waals surface area contributed by atoms with Crippen LogP contribution in [0.1, 0.15) is 20.3 Å². The molecule has 1 unspecified atom stereocenters. The molecule has 1 aromatic rings. The zero-order valence-electron chi connectivity index (χ0n) is 9.89. The van der Waals surface area contributed by atoms with E-state index in [9.17, 15) is 9.18 Å². The number of carbonyl (C=O) groups is 1. The van der Waals surface area contributed by atoms with Crippen LogP contribution in [0.15, 0.2) is 18.2 Å². The third-order valence-electron chi connectivity index (χ3n) is 2.25. The molecular weight excluding hydrogens is 334 g/mol. The third-order valence-corrected chi connectivity index (χ3v) is 3.14. The third kappa shape index (κ3) is 4.49. The molecule has 1 amide bonds. The molecule has 1 aromatic carbocycles. The molecule has 3 nitrogen and oxygen atoms in total. The Bertz CT molecular complexity index is 398. The average molecular weight is 350 g/mol. The summed E-state index contributed by atoms with van der Waals surface area (Å²) in [4.78, 5) is 11.6. The predicted octanol–water partition coefficient (Wildman–Crippen LogP) is 2.76. The van der Waals surface area contributed by atoms with Crippen LogP contribution in [-0.4, -0.2) is 18.5 Å². The van der Waals surface area contributed by atoms with Crippen LogP contribution < -0.4 is 10.6 Å². The highest BCUT2D eigenvalue weighted by Gasteiger charge is 2.13. The largest absolute Gasteiger partial charge is 0.373 e. The number of carbonyl (C=O) groups excluding carboxylic acids is 1. The number of halogens is 2. The van der Waals surface area contributed by atoms with Gasteiger partial charge in [0.1, 0.15) is 11.9 Å². The van der Waals surface area contributed by atoms with E-state index >= 15 is 0 Å². The van der Waals surface area contributed by atoms with E-state index in [1.165, 1.54) is 12.1 Å². The number of nitrogens with one attached hydrogen (secondary N) is 2. The van der Waals surface area contributed by atoms with Gasteiger partial charge in [0.2, 0.25) is 5.91 Å². The Morgan fingerprint density at radius 1 is 1.53 bits per heavy atom. The van der Waals surface area contributed by atoms with Gasteiger partial charge < -0.3 is 10.6 Å². The smallest absolute Gasteiger partial charge is 0.242 e. The summed E-state index contributed by atoms with van der Waals surface area (Å²) < 4.78 is 13.7. The van der Waals surface area contributed by atoms with Crippen LogP contribution in [0.2, 0.25) is 0 Å². The molecule has 0 radical (unpaired) electrons. The van der Waals surface area contributed by atoms with Crippen molar-refractivity contribution in [3.63, 3.8) is 0 Å². The lowest BCUT2D eigenvalue weighted by atomic mass is 10.2. The minimum Gasteiger partial charge on any atom is -0.373 e. The first-order chi connectivity index (χ1) is 8.04. The summed E-state index contributed by atoms with van der Waals surface area (Å²) in [5.41, 5.74) is 0.770. The van der Waals surface area contributed by atoms with Crippen LogP contribution in [0.3, 0.4) is 0 Å². The van der Waals surface area contributed by atoms with E-state index < -0.39 is 0 Å². The zero-order chi connectivity index (χ0) is 12.8. The molecule has 0 saturated carbocycles. The number of anilines is 1. The normalized spacial score (nSPS) is 12.0. The molecule has 0 saturated heterocycles. The lowest BCUT2D eigenvalue weighted by molar-refractivity contribution is -0.121. The highest BCUT2D eigenvalue weighted by molar-refractivity contribution is 14.1. The van der Waals surface area contributed by atoms with Gasteiger partial charge in [-0.2, -0.15) is 0 Å². The fraction of sp³-hybridized carbons (Fsp3) is 0.417. The number of hydrogen-bond acceptors (Lipinski definition) is 2. The second-order valence-corrected chi connectivity index (χ2v) is 4.94. The van der Waals surface area contributed by atoms with Crippen molar-refractivity contribution in [2.24, 2.45) is 0 Å². The Morgan fingerprint density at radius 2 is 2.24 bits per heavy atom. The quantitative estimate of drug-likeness (QED) is 0.802. The molecule has 17 heavy (non-hydrogen) atoms. The van der Waals surface area contributed by atoms with Crippen molar-refractivity contribution in [2.75, 3.05) is 11.9 Å². The highest BCUT2D eigenvalue weighted by Crippen LogP contribution is 2.19. The van der Waals surface area contributed by atoms with Gasteiger partial charge >= 0.3 is 0 Å². The molecule has 0 aromatic heterocycles. The van der Waals surface area contributed by atoms with Gasteiger partial charge in [-0.25, -0.2) is 4.39 Å².